The summed E-state index contributed by atoms with van der Waals surface area (Å²) < 4.78 is 65.0. The second-order valence-corrected chi connectivity index (χ2v) is 5.83. The first-order valence-corrected chi connectivity index (χ1v) is 7.67. The molecule has 1 N–H and O–H groups in total. The van der Waals surface area contributed by atoms with E-state index in [1.54, 1.807) is 0 Å². The van der Waals surface area contributed by atoms with Crippen LogP contribution in [0.5, 0.6) is 0 Å². The molecule has 1 aromatic carbocycles. The van der Waals surface area contributed by atoms with Gasteiger partial charge >= 0.3 is 0 Å². The minimum absolute atomic E-state index is 0.0580. The lowest BCUT2D eigenvalue weighted by Gasteiger charge is -2.18. The largest absolute Gasteiger partial charge is 0.303 e. The first kappa shape index (κ1) is 16.9. The van der Waals surface area contributed by atoms with Crippen molar-refractivity contribution in [3.8, 4) is 0 Å². The van der Waals surface area contributed by atoms with Gasteiger partial charge in [-0.05, 0) is 25.2 Å². The lowest BCUT2D eigenvalue weighted by molar-refractivity contribution is 0.309. The van der Waals surface area contributed by atoms with E-state index in [9.17, 15) is 21.6 Å². The molecule has 8 heteroatoms. The molecule has 0 atom stereocenters. The van der Waals surface area contributed by atoms with Crippen LogP contribution in [0.1, 0.15) is 13.8 Å². The summed E-state index contributed by atoms with van der Waals surface area (Å²) in [6, 6.07) is 1.28. The van der Waals surface area contributed by atoms with Gasteiger partial charge in [-0.1, -0.05) is 13.8 Å². The normalized spacial score (nSPS) is 12.1. The minimum atomic E-state index is -4.20. The fourth-order valence-electron chi connectivity index (χ4n) is 1.67. The van der Waals surface area contributed by atoms with Gasteiger partial charge in [0.25, 0.3) is 0 Å². The van der Waals surface area contributed by atoms with Crippen molar-refractivity contribution >= 4 is 10.0 Å². The summed E-state index contributed by atoms with van der Waals surface area (Å²) in [5.41, 5.74) is 0. The van der Waals surface area contributed by atoms with Crippen LogP contribution in [0.25, 0.3) is 0 Å². The molecule has 0 bridgehead atoms. The predicted octanol–water partition coefficient (Wildman–Crippen LogP) is 1.72. The van der Waals surface area contributed by atoms with Crippen LogP contribution in [0.3, 0.4) is 0 Å². The third-order valence-corrected chi connectivity index (χ3v) is 4.38. The molecule has 0 amide bonds. The molecule has 0 aliphatic heterocycles. The van der Waals surface area contributed by atoms with Gasteiger partial charge in [0, 0.05) is 13.1 Å². The second-order valence-electron chi connectivity index (χ2n) is 4.10. The zero-order chi connectivity index (χ0) is 15.3. The maximum Gasteiger partial charge on any atom is 0.243 e. The van der Waals surface area contributed by atoms with Crippen molar-refractivity contribution < 1.29 is 21.6 Å². The summed E-state index contributed by atoms with van der Waals surface area (Å²) in [4.78, 5) is 1.07. The van der Waals surface area contributed by atoms with Gasteiger partial charge < -0.3 is 4.90 Å². The number of sulfonamides is 1. The topological polar surface area (TPSA) is 49.4 Å². The molecule has 1 aromatic rings. The molecule has 114 valence electrons. The summed E-state index contributed by atoms with van der Waals surface area (Å²) >= 11 is 0. The number of rotatable bonds is 7. The van der Waals surface area contributed by atoms with E-state index in [1.165, 1.54) is 0 Å². The summed E-state index contributed by atoms with van der Waals surface area (Å²) in [7, 11) is -4.20. The predicted molar refractivity (Wildman–Crippen MR) is 69.3 cm³/mol. The molecule has 0 aliphatic rings. The van der Waals surface area contributed by atoms with E-state index in [4.69, 9.17) is 0 Å². The summed E-state index contributed by atoms with van der Waals surface area (Å²) in [5.74, 6) is -4.93. The van der Waals surface area contributed by atoms with Crippen molar-refractivity contribution in [1.29, 1.82) is 0 Å². The molecule has 4 nitrogen and oxygen atoms in total. The molecule has 1 rings (SSSR count). The fourth-order valence-corrected chi connectivity index (χ4v) is 2.76. The highest BCUT2D eigenvalue weighted by atomic mass is 32.2. The van der Waals surface area contributed by atoms with E-state index >= 15 is 0 Å². The lowest BCUT2D eigenvalue weighted by atomic mass is 10.3. The van der Waals surface area contributed by atoms with Crippen LogP contribution in [0, 0.1) is 17.5 Å². The zero-order valence-corrected chi connectivity index (χ0v) is 12.1. The van der Waals surface area contributed by atoms with E-state index in [0.29, 0.717) is 18.7 Å². The molecule has 0 fully saturated rings. The van der Waals surface area contributed by atoms with E-state index in [0.717, 1.165) is 13.1 Å². The standard InChI is InChI=1S/C12H17F3N2O2S/c1-3-17(4-2)8-7-16-20(18,19)10-6-5-9(13)11(14)12(10)15/h5-6,16H,3-4,7-8H2,1-2H3. The molecule has 0 heterocycles. The van der Waals surface area contributed by atoms with Crippen molar-refractivity contribution in [2.24, 2.45) is 0 Å². The zero-order valence-electron chi connectivity index (χ0n) is 11.3. The number of hydrogen-bond donors (Lipinski definition) is 1. The van der Waals surface area contributed by atoms with E-state index in [2.05, 4.69) is 4.72 Å². The van der Waals surface area contributed by atoms with Crippen LogP contribution in [0.2, 0.25) is 0 Å². The molecule has 0 spiro atoms. The van der Waals surface area contributed by atoms with E-state index in [-0.39, 0.29) is 6.54 Å². The van der Waals surface area contributed by atoms with Crippen molar-refractivity contribution in [1.82, 2.24) is 9.62 Å². The van der Waals surface area contributed by atoms with Gasteiger partial charge in [0.05, 0.1) is 0 Å². The lowest BCUT2D eigenvalue weighted by Crippen LogP contribution is -2.35. The summed E-state index contributed by atoms with van der Waals surface area (Å²) in [5, 5.41) is 0. The Balaban J connectivity index is 2.82. The van der Waals surface area contributed by atoms with Crippen LogP contribution >= 0.6 is 0 Å². The Morgan fingerprint density at radius 3 is 2.25 bits per heavy atom. The molecule has 0 unspecified atom stereocenters. The highest BCUT2D eigenvalue weighted by Gasteiger charge is 2.23. The number of benzene rings is 1. The van der Waals surface area contributed by atoms with E-state index in [1.807, 2.05) is 18.7 Å². The molecular formula is C12H17F3N2O2S. The average molecular weight is 310 g/mol. The SMILES string of the molecule is CCN(CC)CCNS(=O)(=O)c1ccc(F)c(F)c1F. The van der Waals surface area contributed by atoms with Crippen molar-refractivity contribution in [2.45, 2.75) is 18.7 Å². The van der Waals surface area contributed by atoms with Gasteiger partial charge in [-0.15, -0.1) is 0 Å². The molecular weight excluding hydrogens is 293 g/mol. The Labute approximate surface area is 116 Å². The van der Waals surface area contributed by atoms with Gasteiger partial charge in [-0.25, -0.2) is 26.3 Å². The maximum absolute atomic E-state index is 13.4. The van der Waals surface area contributed by atoms with Crippen LogP contribution < -0.4 is 4.72 Å². The first-order chi connectivity index (χ1) is 9.33. The first-order valence-electron chi connectivity index (χ1n) is 6.19. The Kier molecular flexibility index (Phi) is 5.97. The van der Waals surface area contributed by atoms with Crippen LogP contribution in [0.4, 0.5) is 13.2 Å². The fraction of sp³-hybridized carbons (Fsp3) is 0.500. The van der Waals surface area contributed by atoms with E-state index < -0.39 is 32.4 Å². The van der Waals surface area contributed by atoms with Crippen molar-refractivity contribution in [3.63, 3.8) is 0 Å². The molecule has 0 aromatic heterocycles. The van der Waals surface area contributed by atoms with Gasteiger partial charge in [-0.2, -0.15) is 0 Å². The Morgan fingerprint density at radius 1 is 1.10 bits per heavy atom. The van der Waals surface area contributed by atoms with Crippen LogP contribution in [-0.4, -0.2) is 39.5 Å². The average Bonchev–Trinajstić information content (AvgIpc) is 2.40. The highest BCUT2D eigenvalue weighted by Crippen LogP contribution is 2.19. The maximum atomic E-state index is 13.4. The van der Waals surface area contributed by atoms with Gasteiger partial charge in [0.1, 0.15) is 4.90 Å². The van der Waals surface area contributed by atoms with Crippen LogP contribution in [-0.2, 0) is 10.0 Å². The molecule has 0 radical (unpaired) electrons. The van der Waals surface area contributed by atoms with Gasteiger partial charge in [0.15, 0.2) is 17.5 Å². The summed E-state index contributed by atoms with van der Waals surface area (Å²) in [6.07, 6.45) is 0. The second kappa shape index (κ2) is 7.05. The number of nitrogens with one attached hydrogen (secondary N) is 1. The Bertz CT molecular complexity index is 560. The summed E-state index contributed by atoms with van der Waals surface area (Å²) in [6.45, 7) is 5.84. The van der Waals surface area contributed by atoms with Crippen LogP contribution in [0.15, 0.2) is 17.0 Å². The molecule has 20 heavy (non-hydrogen) atoms. The smallest absolute Gasteiger partial charge is 0.243 e. The third kappa shape index (κ3) is 3.94. The van der Waals surface area contributed by atoms with Crippen molar-refractivity contribution in [2.75, 3.05) is 26.2 Å². The molecule has 0 aliphatic carbocycles. The number of nitrogens with zero attached hydrogens (tertiary/aromatic N) is 1. The number of hydrogen-bond acceptors (Lipinski definition) is 3. The van der Waals surface area contributed by atoms with Crippen molar-refractivity contribution in [3.05, 3.63) is 29.6 Å². The molecule has 0 saturated heterocycles. The highest BCUT2D eigenvalue weighted by molar-refractivity contribution is 7.89. The minimum Gasteiger partial charge on any atom is -0.303 e. The number of likely N-dealkylation sites (N-methyl/N-ethyl adjacent to an activating group) is 1. The quantitative estimate of drug-likeness (QED) is 0.780. The van der Waals surface area contributed by atoms with Gasteiger partial charge in [0.2, 0.25) is 10.0 Å². The Morgan fingerprint density at radius 2 is 1.70 bits per heavy atom. The number of halogens is 3. The Hall–Kier alpha value is -1.12. The molecule has 0 saturated carbocycles. The monoisotopic (exact) mass is 310 g/mol. The third-order valence-electron chi connectivity index (χ3n) is 2.90. The van der Waals surface area contributed by atoms with Gasteiger partial charge in [-0.3, -0.25) is 0 Å².